The van der Waals surface area contributed by atoms with E-state index in [9.17, 15) is 10.1 Å². The Labute approximate surface area is 122 Å². The Balaban J connectivity index is 2.12. The van der Waals surface area contributed by atoms with E-state index in [-0.39, 0.29) is 12.2 Å². The summed E-state index contributed by atoms with van der Waals surface area (Å²) < 4.78 is 7.75. The molecule has 21 heavy (non-hydrogen) atoms. The van der Waals surface area contributed by atoms with Gasteiger partial charge in [0, 0.05) is 30.8 Å². The number of imidazole rings is 1. The molecular weight excluding hydrogens is 272 g/mol. The SMILES string of the molecule is CCCn1cncc1COc1ccc([N+](=O)[O-])cc1CN. The van der Waals surface area contributed by atoms with Crippen LogP contribution in [0.25, 0.3) is 0 Å². The number of hydrogen-bond acceptors (Lipinski definition) is 5. The van der Waals surface area contributed by atoms with Crippen LogP contribution in [-0.4, -0.2) is 14.5 Å². The Hall–Kier alpha value is -2.41. The lowest BCUT2D eigenvalue weighted by Crippen LogP contribution is -2.07. The summed E-state index contributed by atoms with van der Waals surface area (Å²) in [6.45, 7) is 3.51. The third kappa shape index (κ3) is 3.57. The number of aryl methyl sites for hydroxylation is 1. The molecule has 7 nitrogen and oxygen atoms in total. The molecule has 0 amide bonds. The van der Waals surface area contributed by atoms with E-state index in [4.69, 9.17) is 10.5 Å². The van der Waals surface area contributed by atoms with Gasteiger partial charge in [0.1, 0.15) is 12.4 Å². The predicted octanol–water partition coefficient (Wildman–Crippen LogP) is 2.24. The molecule has 0 aliphatic carbocycles. The number of nitro groups is 1. The minimum atomic E-state index is -0.445. The molecule has 1 aromatic carbocycles. The number of non-ortho nitro benzene ring substituents is 1. The second-order valence-electron chi connectivity index (χ2n) is 4.62. The second kappa shape index (κ2) is 6.85. The molecule has 2 rings (SSSR count). The van der Waals surface area contributed by atoms with E-state index in [0.717, 1.165) is 18.7 Å². The summed E-state index contributed by atoms with van der Waals surface area (Å²) in [7, 11) is 0. The van der Waals surface area contributed by atoms with Crippen molar-refractivity contribution in [3.05, 3.63) is 52.1 Å². The number of ether oxygens (including phenoxy) is 1. The van der Waals surface area contributed by atoms with Gasteiger partial charge in [-0.05, 0) is 12.5 Å². The normalized spacial score (nSPS) is 10.6. The Morgan fingerprint density at radius 2 is 2.29 bits per heavy atom. The van der Waals surface area contributed by atoms with Crippen molar-refractivity contribution < 1.29 is 9.66 Å². The molecule has 112 valence electrons. The highest BCUT2D eigenvalue weighted by Crippen LogP contribution is 2.24. The molecule has 0 aliphatic rings. The van der Waals surface area contributed by atoms with Crippen molar-refractivity contribution in [1.29, 1.82) is 0 Å². The predicted molar refractivity (Wildman–Crippen MR) is 77.8 cm³/mol. The highest BCUT2D eigenvalue weighted by atomic mass is 16.6. The Morgan fingerprint density at radius 3 is 2.95 bits per heavy atom. The molecule has 0 saturated heterocycles. The van der Waals surface area contributed by atoms with Crippen LogP contribution in [0.3, 0.4) is 0 Å². The molecule has 0 spiro atoms. The molecule has 0 atom stereocenters. The lowest BCUT2D eigenvalue weighted by atomic mass is 10.2. The van der Waals surface area contributed by atoms with Crippen molar-refractivity contribution in [3.8, 4) is 5.75 Å². The summed E-state index contributed by atoms with van der Waals surface area (Å²) in [5.41, 5.74) is 7.21. The number of rotatable bonds is 7. The van der Waals surface area contributed by atoms with E-state index in [1.807, 2.05) is 4.57 Å². The Bertz CT molecular complexity index is 624. The van der Waals surface area contributed by atoms with Gasteiger partial charge >= 0.3 is 0 Å². The van der Waals surface area contributed by atoms with Crippen molar-refractivity contribution >= 4 is 5.69 Å². The van der Waals surface area contributed by atoms with Crippen LogP contribution in [0.4, 0.5) is 5.69 Å². The van der Waals surface area contributed by atoms with Crippen molar-refractivity contribution in [1.82, 2.24) is 9.55 Å². The fraction of sp³-hybridized carbons (Fsp3) is 0.357. The number of benzene rings is 1. The van der Waals surface area contributed by atoms with Gasteiger partial charge in [-0.2, -0.15) is 0 Å². The summed E-state index contributed by atoms with van der Waals surface area (Å²) in [5, 5.41) is 10.8. The summed E-state index contributed by atoms with van der Waals surface area (Å²) in [6, 6.07) is 4.44. The molecule has 1 heterocycles. The summed E-state index contributed by atoms with van der Waals surface area (Å²) in [6.07, 6.45) is 4.53. The van der Waals surface area contributed by atoms with E-state index in [1.165, 1.54) is 12.1 Å². The zero-order chi connectivity index (χ0) is 15.2. The van der Waals surface area contributed by atoms with E-state index in [0.29, 0.717) is 17.9 Å². The first-order valence-corrected chi connectivity index (χ1v) is 6.75. The first kappa shape index (κ1) is 15.0. The summed E-state index contributed by atoms with van der Waals surface area (Å²) in [5.74, 6) is 0.562. The Morgan fingerprint density at radius 1 is 1.48 bits per heavy atom. The van der Waals surface area contributed by atoms with Gasteiger partial charge in [-0.25, -0.2) is 4.98 Å². The lowest BCUT2D eigenvalue weighted by Gasteiger charge is -2.11. The van der Waals surface area contributed by atoms with Crippen LogP contribution in [0.15, 0.2) is 30.7 Å². The summed E-state index contributed by atoms with van der Waals surface area (Å²) in [4.78, 5) is 14.4. The third-order valence-corrected chi connectivity index (χ3v) is 3.11. The average Bonchev–Trinajstić information content (AvgIpc) is 2.92. The molecule has 0 saturated carbocycles. The van der Waals surface area contributed by atoms with Crippen LogP contribution in [0.1, 0.15) is 24.6 Å². The maximum atomic E-state index is 10.8. The minimum Gasteiger partial charge on any atom is -0.487 e. The molecule has 0 aliphatic heterocycles. The smallest absolute Gasteiger partial charge is 0.270 e. The van der Waals surface area contributed by atoms with Gasteiger partial charge in [-0.1, -0.05) is 6.92 Å². The van der Waals surface area contributed by atoms with E-state index >= 15 is 0 Å². The van der Waals surface area contributed by atoms with Gasteiger partial charge in [0.05, 0.1) is 23.1 Å². The maximum Gasteiger partial charge on any atom is 0.270 e. The third-order valence-electron chi connectivity index (χ3n) is 3.11. The number of aromatic nitrogens is 2. The molecule has 7 heteroatoms. The second-order valence-corrected chi connectivity index (χ2v) is 4.62. The van der Waals surface area contributed by atoms with Gasteiger partial charge in [0.2, 0.25) is 0 Å². The van der Waals surface area contributed by atoms with E-state index in [2.05, 4.69) is 11.9 Å². The highest BCUT2D eigenvalue weighted by molar-refractivity contribution is 5.43. The maximum absolute atomic E-state index is 10.8. The molecule has 2 aromatic rings. The van der Waals surface area contributed by atoms with Gasteiger partial charge in [0.25, 0.3) is 5.69 Å². The van der Waals surface area contributed by atoms with Crippen molar-refractivity contribution in [3.63, 3.8) is 0 Å². The van der Waals surface area contributed by atoms with Crippen LogP contribution in [0, 0.1) is 10.1 Å². The fourth-order valence-electron chi connectivity index (χ4n) is 2.04. The van der Waals surface area contributed by atoms with Crippen LogP contribution < -0.4 is 10.5 Å². The topological polar surface area (TPSA) is 96.2 Å². The van der Waals surface area contributed by atoms with Gasteiger partial charge in [-0.15, -0.1) is 0 Å². The molecule has 0 unspecified atom stereocenters. The molecule has 2 N–H and O–H groups in total. The van der Waals surface area contributed by atoms with Gasteiger partial charge in [-0.3, -0.25) is 10.1 Å². The first-order chi connectivity index (χ1) is 10.2. The minimum absolute atomic E-state index is 0.0128. The zero-order valence-electron chi connectivity index (χ0n) is 11.9. The zero-order valence-corrected chi connectivity index (χ0v) is 11.9. The average molecular weight is 290 g/mol. The number of nitrogens with two attached hydrogens (primary N) is 1. The number of nitro benzene ring substituents is 1. The highest BCUT2D eigenvalue weighted by Gasteiger charge is 2.11. The molecule has 0 fully saturated rings. The summed E-state index contributed by atoms with van der Waals surface area (Å²) >= 11 is 0. The van der Waals surface area contributed by atoms with E-state index in [1.54, 1.807) is 18.6 Å². The van der Waals surface area contributed by atoms with Crippen LogP contribution in [0.2, 0.25) is 0 Å². The van der Waals surface area contributed by atoms with E-state index < -0.39 is 4.92 Å². The number of hydrogen-bond donors (Lipinski definition) is 1. The fourth-order valence-corrected chi connectivity index (χ4v) is 2.04. The first-order valence-electron chi connectivity index (χ1n) is 6.75. The van der Waals surface area contributed by atoms with Crippen LogP contribution >= 0.6 is 0 Å². The monoisotopic (exact) mass is 290 g/mol. The largest absolute Gasteiger partial charge is 0.487 e. The van der Waals surface area contributed by atoms with Gasteiger partial charge in [0.15, 0.2) is 0 Å². The Kier molecular flexibility index (Phi) is 4.89. The number of nitrogens with zero attached hydrogens (tertiary/aromatic N) is 3. The van der Waals surface area contributed by atoms with Crippen molar-refractivity contribution in [2.75, 3.05) is 0 Å². The van der Waals surface area contributed by atoms with Crippen LogP contribution in [0.5, 0.6) is 5.75 Å². The molecular formula is C14H18N4O3. The molecule has 0 radical (unpaired) electrons. The van der Waals surface area contributed by atoms with Crippen LogP contribution in [-0.2, 0) is 19.7 Å². The van der Waals surface area contributed by atoms with Crippen molar-refractivity contribution in [2.24, 2.45) is 5.73 Å². The standard InChI is InChI=1S/C14H18N4O3/c1-2-5-17-10-16-8-13(17)9-21-14-4-3-12(18(19)20)6-11(14)7-15/h3-4,6,8,10H,2,5,7,9,15H2,1H3. The molecule has 0 bridgehead atoms. The van der Waals surface area contributed by atoms with Gasteiger partial charge < -0.3 is 15.0 Å². The molecule has 1 aromatic heterocycles. The van der Waals surface area contributed by atoms with Crippen molar-refractivity contribution in [2.45, 2.75) is 33.0 Å². The lowest BCUT2D eigenvalue weighted by molar-refractivity contribution is -0.384. The quantitative estimate of drug-likeness (QED) is 0.623.